The van der Waals surface area contributed by atoms with Crippen LogP contribution in [0.15, 0.2) is 34.2 Å². The van der Waals surface area contributed by atoms with Crippen molar-refractivity contribution in [2.75, 3.05) is 39.9 Å². The highest BCUT2D eigenvalue weighted by atomic mass is 16.5. The molecule has 24 heavy (non-hydrogen) atoms. The minimum absolute atomic E-state index is 0.0654. The summed E-state index contributed by atoms with van der Waals surface area (Å²) in [5.74, 6) is 1.61. The Morgan fingerprint density at radius 2 is 2.29 bits per heavy atom. The summed E-state index contributed by atoms with van der Waals surface area (Å²) in [5.41, 5.74) is 0.0654. The maximum Gasteiger partial charge on any atom is 0.250 e. The van der Waals surface area contributed by atoms with Crippen molar-refractivity contribution in [1.29, 1.82) is 0 Å². The van der Waals surface area contributed by atoms with Gasteiger partial charge in [-0.15, -0.1) is 0 Å². The van der Waals surface area contributed by atoms with Crippen molar-refractivity contribution in [2.45, 2.75) is 32.7 Å². The number of methoxy groups -OCH3 is 1. The second kappa shape index (κ2) is 10.1. The fourth-order valence-electron chi connectivity index (χ4n) is 3.05. The van der Waals surface area contributed by atoms with Crippen LogP contribution in [0.25, 0.3) is 0 Å². The van der Waals surface area contributed by atoms with Gasteiger partial charge in [0.05, 0.1) is 6.61 Å². The Balaban J connectivity index is 1.77. The maximum atomic E-state index is 11.6. The molecule has 0 spiro atoms. The number of ether oxygens (including phenoxy) is 1. The van der Waals surface area contributed by atoms with Gasteiger partial charge in [0.25, 0.3) is 0 Å². The molecule has 6 heteroatoms. The van der Waals surface area contributed by atoms with E-state index in [2.05, 4.69) is 17.1 Å². The highest BCUT2D eigenvalue weighted by Crippen LogP contribution is 2.16. The lowest BCUT2D eigenvalue weighted by Crippen LogP contribution is -2.40. The van der Waals surface area contributed by atoms with Crippen molar-refractivity contribution in [1.82, 2.24) is 14.8 Å². The molecule has 1 atom stereocenters. The summed E-state index contributed by atoms with van der Waals surface area (Å²) in [6.07, 6.45) is 4.94. The number of rotatable bonds is 8. The van der Waals surface area contributed by atoms with E-state index >= 15 is 0 Å². The highest BCUT2D eigenvalue weighted by Gasteiger charge is 2.24. The van der Waals surface area contributed by atoms with Crippen molar-refractivity contribution in [2.24, 2.45) is 10.9 Å². The zero-order valence-corrected chi connectivity index (χ0v) is 14.9. The van der Waals surface area contributed by atoms with Gasteiger partial charge in [-0.1, -0.05) is 6.07 Å². The van der Waals surface area contributed by atoms with E-state index in [1.807, 2.05) is 12.3 Å². The third-order valence-electron chi connectivity index (χ3n) is 4.29. The minimum Gasteiger partial charge on any atom is -0.384 e. The van der Waals surface area contributed by atoms with Crippen LogP contribution >= 0.6 is 0 Å². The van der Waals surface area contributed by atoms with Crippen LogP contribution in [-0.4, -0.2) is 55.3 Å². The lowest BCUT2D eigenvalue weighted by molar-refractivity contribution is 0.157. The van der Waals surface area contributed by atoms with Crippen LogP contribution in [0.4, 0.5) is 0 Å². The summed E-state index contributed by atoms with van der Waals surface area (Å²) in [5, 5.41) is 3.38. The predicted octanol–water partition coefficient (Wildman–Crippen LogP) is 1.56. The number of hydrogen-bond donors (Lipinski definition) is 1. The number of aryl methyl sites for hydroxylation is 1. The lowest BCUT2D eigenvalue weighted by atomic mass is 10.1. The number of nitrogens with zero attached hydrogens (tertiary/aromatic N) is 3. The SMILES string of the molecule is CCNC(=NCCCCn1ccccc1=O)N1CCC(COC)C1. The summed E-state index contributed by atoms with van der Waals surface area (Å²) >= 11 is 0. The summed E-state index contributed by atoms with van der Waals surface area (Å²) in [6.45, 7) is 7.39. The van der Waals surface area contributed by atoms with Crippen molar-refractivity contribution < 1.29 is 4.74 Å². The standard InChI is InChI=1S/C18H30N4O2/c1-3-19-18(22-13-9-16(14-22)15-24-2)20-10-5-7-12-21-11-6-4-8-17(21)23/h4,6,8,11,16H,3,5,7,9-10,12-15H2,1-2H3,(H,19,20). The molecule has 0 saturated carbocycles. The second-order valence-electron chi connectivity index (χ2n) is 6.23. The predicted molar refractivity (Wildman–Crippen MR) is 97.5 cm³/mol. The van der Waals surface area contributed by atoms with E-state index in [1.165, 1.54) is 0 Å². The maximum absolute atomic E-state index is 11.6. The number of hydrogen-bond acceptors (Lipinski definition) is 3. The van der Waals surface area contributed by atoms with Gasteiger partial charge in [0.1, 0.15) is 0 Å². The molecule has 1 unspecified atom stereocenters. The number of aromatic nitrogens is 1. The molecule has 134 valence electrons. The van der Waals surface area contributed by atoms with E-state index in [4.69, 9.17) is 9.73 Å². The summed E-state index contributed by atoms with van der Waals surface area (Å²) in [6, 6.07) is 5.27. The summed E-state index contributed by atoms with van der Waals surface area (Å²) in [4.78, 5) is 18.7. The number of guanidine groups is 1. The summed E-state index contributed by atoms with van der Waals surface area (Å²) < 4.78 is 7.02. The van der Waals surface area contributed by atoms with E-state index in [0.717, 1.165) is 64.6 Å². The average molecular weight is 334 g/mol. The Labute approximate surface area is 144 Å². The van der Waals surface area contributed by atoms with E-state index in [1.54, 1.807) is 23.8 Å². The molecule has 1 aliphatic rings. The molecule has 1 aromatic heterocycles. The molecule has 1 aromatic rings. The number of likely N-dealkylation sites (tertiary alicyclic amines) is 1. The number of unbranched alkanes of at least 4 members (excludes halogenated alkanes) is 1. The smallest absolute Gasteiger partial charge is 0.250 e. The third kappa shape index (κ3) is 5.67. The van der Waals surface area contributed by atoms with Crippen LogP contribution < -0.4 is 10.9 Å². The molecule has 1 saturated heterocycles. The molecule has 1 aliphatic heterocycles. The minimum atomic E-state index is 0.0654. The van der Waals surface area contributed by atoms with Gasteiger partial charge < -0.3 is 19.5 Å². The molecule has 1 N–H and O–H groups in total. The number of aliphatic imine (C=N–C) groups is 1. The fraction of sp³-hybridized carbons (Fsp3) is 0.667. The first kappa shape index (κ1) is 18.5. The van der Waals surface area contributed by atoms with Crippen molar-refractivity contribution in [3.63, 3.8) is 0 Å². The number of nitrogens with one attached hydrogen (secondary N) is 1. The zero-order valence-electron chi connectivity index (χ0n) is 14.9. The van der Waals surface area contributed by atoms with Gasteiger partial charge in [-0.3, -0.25) is 9.79 Å². The number of pyridine rings is 1. The largest absolute Gasteiger partial charge is 0.384 e. The van der Waals surface area contributed by atoms with Crippen LogP contribution in [0.5, 0.6) is 0 Å². The normalized spacial score (nSPS) is 18.2. The quantitative estimate of drug-likeness (QED) is 0.445. The Hall–Kier alpha value is -1.82. The zero-order chi connectivity index (χ0) is 17.2. The monoisotopic (exact) mass is 334 g/mol. The van der Waals surface area contributed by atoms with E-state index in [9.17, 15) is 4.79 Å². The van der Waals surface area contributed by atoms with E-state index < -0.39 is 0 Å². The van der Waals surface area contributed by atoms with Gasteiger partial charge in [0.15, 0.2) is 5.96 Å². The van der Waals surface area contributed by atoms with Gasteiger partial charge >= 0.3 is 0 Å². The molecule has 0 aromatic carbocycles. The van der Waals surface area contributed by atoms with Gasteiger partial charge in [0.2, 0.25) is 5.56 Å². The second-order valence-corrected chi connectivity index (χ2v) is 6.23. The van der Waals surface area contributed by atoms with Gasteiger partial charge in [-0.25, -0.2) is 0 Å². The van der Waals surface area contributed by atoms with Crippen LogP contribution in [0, 0.1) is 5.92 Å². The third-order valence-corrected chi connectivity index (χ3v) is 4.29. The first-order valence-corrected chi connectivity index (χ1v) is 8.92. The molecule has 6 nitrogen and oxygen atoms in total. The van der Waals surface area contributed by atoms with Gasteiger partial charge in [-0.05, 0) is 32.3 Å². The van der Waals surface area contributed by atoms with Gasteiger partial charge in [0, 0.05) is 58.0 Å². The molecule has 2 rings (SSSR count). The first-order chi connectivity index (χ1) is 11.7. The molecular formula is C18H30N4O2. The van der Waals surface area contributed by atoms with E-state index in [-0.39, 0.29) is 5.56 Å². The van der Waals surface area contributed by atoms with Crippen molar-refractivity contribution in [3.8, 4) is 0 Å². The van der Waals surface area contributed by atoms with Crippen LogP contribution in [-0.2, 0) is 11.3 Å². The Morgan fingerprint density at radius 3 is 3.04 bits per heavy atom. The van der Waals surface area contributed by atoms with Crippen LogP contribution in [0.2, 0.25) is 0 Å². The molecule has 0 aliphatic carbocycles. The molecule has 2 heterocycles. The van der Waals surface area contributed by atoms with Crippen LogP contribution in [0.1, 0.15) is 26.2 Å². The fourth-order valence-corrected chi connectivity index (χ4v) is 3.05. The first-order valence-electron chi connectivity index (χ1n) is 8.92. The summed E-state index contributed by atoms with van der Waals surface area (Å²) in [7, 11) is 1.76. The molecular weight excluding hydrogens is 304 g/mol. The van der Waals surface area contributed by atoms with Crippen LogP contribution in [0.3, 0.4) is 0 Å². The lowest BCUT2D eigenvalue weighted by Gasteiger charge is -2.21. The molecule has 0 radical (unpaired) electrons. The van der Waals surface area contributed by atoms with Crippen molar-refractivity contribution >= 4 is 5.96 Å². The highest BCUT2D eigenvalue weighted by molar-refractivity contribution is 5.80. The average Bonchev–Trinajstić information content (AvgIpc) is 3.04. The van der Waals surface area contributed by atoms with Gasteiger partial charge in [-0.2, -0.15) is 0 Å². The Morgan fingerprint density at radius 1 is 1.42 bits per heavy atom. The molecule has 1 fully saturated rings. The van der Waals surface area contributed by atoms with E-state index in [0.29, 0.717) is 5.92 Å². The molecule has 0 bridgehead atoms. The Bertz CT molecular complexity index is 570. The Kier molecular flexibility index (Phi) is 7.82. The van der Waals surface area contributed by atoms with Crippen molar-refractivity contribution in [3.05, 3.63) is 34.7 Å². The topological polar surface area (TPSA) is 58.9 Å². The molecule has 0 amide bonds.